The Morgan fingerprint density at radius 1 is 1.32 bits per heavy atom. The first-order chi connectivity index (χ1) is 9.22. The Labute approximate surface area is 114 Å². The first kappa shape index (κ1) is 12.5. The van der Waals surface area contributed by atoms with Crippen LogP contribution in [0.2, 0.25) is 0 Å². The maximum atomic E-state index is 12.7. The van der Waals surface area contributed by atoms with Crippen LogP contribution in [0.3, 0.4) is 0 Å². The molecular weight excluding hydrogens is 236 g/mol. The van der Waals surface area contributed by atoms with Crippen molar-refractivity contribution in [3.63, 3.8) is 0 Å². The monoisotopic (exact) mass is 258 g/mol. The molecule has 0 saturated heterocycles. The van der Waals surface area contributed by atoms with Crippen molar-refractivity contribution in [1.82, 2.24) is 0 Å². The van der Waals surface area contributed by atoms with Crippen LogP contribution >= 0.6 is 0 Å². The number of carbonyl (C=O) groups excluding carboxylic acids is 1. The van der Waals surface area contributed by atoms with E-state index in [1.165, 1.54) is 25.7 Å². The summed E-state index contributed by atoms with van der Waals surface area (Å²) in [6.07, 6.45) is 5.09. The Kier molecular flexibility index (Phi) is 3.21. The third-order valence-electron chi connectivity index (χ3n) is 4.71. The summed E-state index contributed by atoms with van der Waals surface area (Å²) in [4.78, 5) is 14.6. The average Bonchev–Trinajstić information content (AvgIpc) is 3.13. The number of hydrogen-bond donors (Lipinski definition) is 1. The highest BCUT2D eigenvalue weighted by Crippen LogP contribution is 2.56. The number of nitrogens with zero attached hydrogens (tertiary/aromatic N) is 1. The normalized spacial score (nSPS) is 28.6. The molecule has 1 aromatic carbocycles. The number of rotatable bonds is 3. The van der Waals surface area contributed by atoms with Gasteiger partial charge in [-0.3, -0.25) is 4.79 Å². The molecule has 0 radical (unpaired) electrons. The van der Waals surface area contributed by atoms with E-state index in [1.54, 1.807) is 0 Å². The second-order valence-corrected chi connectivity index (χ2v) is 5.82. The van der Waals surface area contributed by atoms with Crippen LogP contribution in [0.4, 0.5) is 11.4 Å². The lowest BCUT2D eigenvalue weighted by Gasteiger charge is -2.21. The number of benzene rings is 1. The van der Waals surface area contributed by atoms with Gasteiger partial charge in [-0.05, 0) is 49.8 Å². The highest BCUT2D eigenvalue weighted by Gasteiger charge is 2.55. The summed E-state index contributed by atoms with van der Waals surface area (Å²) in [5, 5.41) is 0. The van der Waals surface area contributed by atoms with Crippen LogP contribution in [0.15, 0.2) is 24.3 Å². The molecule has 0 aliphatic heterocycles. The van der Waals surface area contributed by atoms with Crippen LogP contribution in [0.25, 0.3) is 0 Å². The van der Waals surface area contributed by atoms with E-state index in [1.807, 2.05) is 36.1 Å². The number of amides is 1. The predicted octanol–water partition coefficient (Wildman–Crippen LogP) is 3.06. The molecule has 3 heteroatoms. The minimum Gasteiger partial charge on any atom is -0.399 e. The fourth-order valence-electron chi connectivity index (χ4n) is 3.70. The van der Waals surface area contributed by atoms with Crippen LogP contribution in [-0.2, 0) is 4.79 Å². The largest absolute Gasteiger partial charge is 0.399 e. The predicted molar refractivity (Wildman–Crippen MR) is 77.8 cm³/mol. The molecule has 2 N–H and O–H groups in total. The number of carbonyl (C=O) groups is 1. The smallest absolute Gasteiger partial charge is 0.230 e. The lowest BCUT2D eigenvalue weighted by atomic mass is 10.0. The van der Waals surface area contributed by atoms with Gasteiger partial charge in [0, 0.05) is 23.8 Å². The summed E-state index contributed by atoms with van der Waals surface area (Å²) >= 11 is 0. The molecule has 3 rings (SSSR count). The summed E-state index contributed by atoms with van der Waals surface area (Å²) in [7, 11) is 0. The maximum Gasteiger partial charge on any atom is 0.230 e. The highest BCUT2D eigenvalue weighted by molar-refractivity contribution is 5.97. The van der Waals surface area contributed by atoms with Gasteiger partial charge < -0.3 is 10.6 Å². The molecule has 2 atom stereocenters. The van der Waals surface area contributed by atoms with Crippen LogP contribution < -0.4 is 10.6 Å². The van der Waals surface area contributed by atoms with E-state index in [0.29, 0.717) is 17.7 Å². The van der Waals surface area contributed by atoms with Crippen molar-refractivity contribution in [3.8, 4) is 0 Å². The molecule has 0 heterocycles. The SMILES string of the molecule is CCN(C(=O)C1C2CCCCC21)c1cccc(N)c1. The Morgan fingerprint density at radius 3 is 2.58 bits per heavy atom. The molecular formula is C16H22N2O. The van der Waals surface area contributed by atoms with Crippen LogP contribution in [0.5, 0.6) is 0 Å². The van der Waals surface area contributed by atoms with Gasteiger partial charge in [0.15, 0.2) is 0 Å². The molecule has 2 aliphatic carbocycles. The van der Waals surface area contributed by atoms with Crippen molar-refractivity contribution in [2.75, 3.05) is 17.2 Å². The Morgan fingerprint density at radius 2 is 2.00 bits per heavy atom. The third kappa shape index (κ3) is 2.22. The van der Waals surface area contributed by atoms with Crippen molar-refractivity contribution in [2.24, 2.45) is 17.8 Å². The fourth-order valence-corrected chi connectivity index (χ4v) is 3.70. The van der Waals surface area contributed by atoms with Crippen LogP contribution in [0, 0.1) is 17.8 Å². The van der Waals surface area contributed by atoms with Crippen molar-refractivity contribution < 1.29 is 4.79 Å². The fraction of sp³-hybridized carbons (Fsp3) is 0.562. The quantitative estimate of drug-likeness (QED) is 0.847. The molecule has 3 nitrogen and oxygen atoms in total. The zero-order valence-electron chi connectivity index (χ0n) is 11.5. The Balaban J connectivity index is 1.77. The lowest BCUT2D eigenvalue weighted by Crippen LogP contribution is -2.32. The Hall–Kier alpha value is -1.51. The first-order valence-corrected chi connectivity index (χ1v) is 7.39. The molecule has 1 amide bonds. The van der Waals surface area contributed by atoms with E-state index in [-0.39, 0.29) is 5.92 Å². The number of nitrogens with two attached hydrogens (primary N) is 1. The van der Waals surface area contributed by atoms with Gasteiger partial charge in [-0.25, -0.2) is 0 Å². The number of anilines is 2. The molecule has 2 fully saturated rings. The molecule has 1 aromatic rings. The second kappa shape index (κ2) is 4.87. The summed E-state index contributed by atoms with van der Waals surface area (Å²) in [6.45, 7) is 2.76. The minimum atomic E-state index is 0.281. The molecule has 19 heavy (non-hydrogen) atoms. The second-order valence-electron chi connectivity index (χ2n) is 5.82. The molecule has 102 valence electrons. The third-order valence-corrected chi connectivity index (χ3v) is 4.71. The first-order valence-electron chi connectivity index (χ1n) is 7.39. The topological polar surface area (TPSA) is 46.3 Å². The summed E-state index contributed by atoms with van der Waals surface area (Å²) in [5.41, 5.74) is 7.48. The highest BCUT2D eigenvalue weighted by atomic mass is 16.2. The van der Waals surface area contributed by atoms with E-state index < -0.39 is 0 Å². The van der Waals surface area contributed by atoms with E-state index in [9.17, 15) is 4.79 Å². The van der Waals surface area contributed by atoms with E-state index in [4.69, 9.17) is 5.73 Å². The van der Waals surface area contributed by atoms with Crippen molar-refractivity contribution in [1.29, 1.82) is 0 Å². The molecule has 0 bridgehead atoms. The van der Waals surface area contributed by atoms with Gasteiger partial charge in [-0.1, -0.05) is 18.9 Å². The van der Waals surface area contributed by atoms with E-state index >= 15 is 0 Å². The van der Waals surface area contributed by atoms with Crippen molar-refractivity contribution in [3.05, 3.63) is 24.3 Å². The minimum absolute atomic E-state index is 0.281. The number of fused-ring (bicyclic) bond motifs is 1. The van der Waals surface area contributed by atoms with Gasteiger partial charge in [0.2, 0.25) is 5.91 Å². The van der Waals surface area contributed by atoms with Crippen molar-refractivity contribution in [2.45, 2.75) is 32.6 Å². The summed E-state index contributed by atoms with van der Waals surface area (Å²) < 4.78 is 0. The van der Waals surface area contributed by atoms with Gasteiger partial charge in [-0.2, -0.15) is 0 Å². The molecule has 0 spiro atoms. The Bertz CT molecular complexity index is 473. The standard InChI is InChI=1S/C16H22N2O/c1-2-18(12-7-5-6-11(17)10-12)16(19)15-13-8-3-4-9-14(13)15/h5-7,10,13-15H,2-4,8-9,17H2,1H3. The molecule has 0 aromatic heterocycles. The zero-order chi connectivity index (χ0) is 13.4. The van der Waals surface area contributed by atoms with Gasteiger partial charge in [0.05, 0.1) is 0 Å². The number of nitrogen functional groups attached to an aromatic ring is 1. The van der Waals surface area contributed by atoms with Gasteiger partial charge in [0.1, 0.15) is 0 Å². The van der Waals surface area contributed by atoms with Crippen molar-refractivity contribution >= 4 is 17.3 Å². The van der Waals surface area contributed by atoms with E-state index in [0.717, 1.165) is 17.9 Å². The average molecular weight is 258 g/mol. The van der Waals surface area contributed by atoms with E-state index in [2.05, 4.69) is 0 Å². The maximum absolute atomic E-state index is 12.7. The van der Waals surface area contributed by atoms with Crippen LogP contribution in [-0.4, -0.2) is 12.5 Å². The molecule has 2 unspecified atom stereocenters. The summed E-state index contributed by atoms with van der Waals surface area (Å²) in [5.74, 6) is 1.92. The lowest BCUT2D eigenvalue weighted by molar-refractivity contribution is -0.120. The summed E-state index contributed by atoms with van der Waals surface area (Å²) in [6, 6.07) is 7.65. The van der Waals surface area contributed by atoms with Crippen LogP contribution in [0.1, 0.15) is 32.6 Å². The number of hydrogen-bond acceptors (Lipinski definition) is 2. The zero-order valence-corrected chi connectivity index (χ0v) is 11.5. The molecule has 2 aliphatic rings. The van der Waals surface area contributed by atoms with Gasteiger partial charge >= 0.3 is 0 Å². The molecule has 2 saturated carbocycles. The van der Waals surface area contributed by atoms with Gasteiger partial charge in [-0.15, -0.1) is 0 Å². The van der Waals surface area contributed by atoms with Gasteiger partial charge in [0.25, 0.3) is 0 Å².